The molecule has 0 amide bonds. The molecule has 5 nitrogen and oxygen atoms in total. The van der Waals surface area contributed by atoms with Crippen LogP contribution in [0.3, 0.4) is 0 Å². The zero-order chi connectivity index (χ0) is 15.3. The number of nitrogens with zero attached hydrogens (tertiary/aromatic N) is 1. The molecule has 0 aromatic heterocycles. The molecule has 0 bridgehead atoms. The Hall–Kier alpha value is -1.75. The Balaban J connectivity index is 3.05. The van der Waals surface area contributed by atoms with Gasteiger partial charge in [0.2, 0.25) is 0 Å². The molecule has 0 aliphatic carbocycles. The van der Waals surface area contributed by atoms with E-state index in [4.69, 9.17) is 4.74 Å². The summed E-state index contributed by atoms with van der Waals surface area (Å²) in [6.45, 7) is 5.05. The molecule has 2 N–H and O–H groups in total. The second-order valence-corrected chi connectivity index (χ2v) is 5.47. The maximum absolute atomic E-state index is 11.3. The number of hydrogen-bond acceptors (Lipinski definition) is 4. The van der Waals surface area contributed by atoms with Crippen LogP contribution < -0.4 is 10.1 Å². The Morgan fingerprint density at radius 2 is 2.05 bits per heavy atom. The maximum atomic E-state index is 11.3. The van der Waals surface area contributed by atoms with Gasteiger partial charge in [0.25, 0.3) is 0 Å². The zero-order valence-electron chi connectivity index (χ0n) is 12.8. The highest BCUT2D eigenvalue weighted by molar-refractivity contribution is 5.94. The van der Waals surface area contributed by atoms with Gasteiger partial charge in [0.15, 0.2) is 0 Å². The second-order valence-electron chi connectivity index (χ2n) is 5.47. The van der Waals surface area contributed by atoms with Crippen LogP contribution in [0.1, 0.15) is 24.2 Å². The molecule has 0 heterocycles. The molecule has 0 radical (unpaired) electrons. The van der Waals surface area contributed by atoms with Crippen molar-refractivity contribution in [3.05, 3.63) is 23.8 Å². The standard InChI is InChI=1S/C15H24N2O3/c1-10(2)14(9-17(3)4)16-13-8-11(20-5)6-7-12(13)15(18)19/h6-8,10,14,16H,9H2,1-5H3,(H,18,19). The number of carboxylic acid groups (broad SMARTS) is 1. The molecule has 1 atom stereocenters. The smallest absolute Gasteiger partial charge is 0.337 e. The third-order valence-corrected chi connectivity index (χ3v) is 3.16. The summed E-state index contributed by atoms with van der Waals surface area (Å²) in [5, 5.41) is 12.6. The second kappa shape index (κ2) is 7.14. The molecule has 20 heavy (non-hydrogen) atoms. The van der Waals surface area contributed by atoms with E-state index in [0.717, 1.165) is 6.54 Å². The normalized spacial score (nSPS) is 12.6. The highest BCUT2D eigenvalue weighted by Crippen LogP contribution is 2.24. The van der Waals surface area contributed by atoms with E-state index in [2.05, 4.69) is 24.1 Å². The minimum Gasteiger partial charge on any atom is -0.497 e. The number of rotatable bonds is 7. The van der Waals surface area contributed by atoms with Crippen molar-refractivity contribution in [1.82, 2.24) is 4.90 Å². The van der Waals surface area contributed by atoms with Gasteiger partial charge in [0, 0.05) is 18.7 Å². The SMILES string of the molecule is COc1ccc(C(=O)O)c(NC(CN(C)C)C(C)C)c1. The minimum absolute atomic E-state index is 0.162. The molecule has 0 aliphatic heterocycles. The third kappa shape index (κ3) is 4.42. The van der Waals surface area contributed by atoms with Crippen molar-refractivity contribution < 1.29 is 14.6 Å². The van der Waals surface area contributed by atoms with Crippen LogP contribution in [0, 0.1) is 5.92 Å². The Bertz CT molecular complexity index is 458. The maximum Gasteiger partial charge on any atom is 0.337 e. The van der Waals surface area contributed by atoms with E-state index in [9.17, 15) is 9.90 Å². The number of hydrogen-bond donors (Lipinski definition) is 2. The highest BCUT2D eigenvalue weighted by Gasteiger charge is 2.18. The lowest BCUT2D eigenvalue weighted by molar-refractivity contribution is 0.0698. The lowest BCUT2D eigenvalue weighted by Crippen LogP contribution is -2.36. The van der Waals surface area contributed by atoms with Crippen LogP contribution in [0.15, 0.2) is 18.2 Å². The number of anilines is 1. The molecule has 1 rings (SSSR count). The van der Waals surface area contributed by atoms with E-state index in [1.54, 1.807) is 25.3 Å². The number of benzene rings is 1. The first kappa shape index (κ1) is 16.3. The van der Waals surface area contributed by atoms with Gasteiger partial charge in [-0.15, -0.1) is 0 Å². The monoisotopic (exact) mass is 280 g/mol. The molecular formula is C15H24N2O3. The van der Waals surface area contributed by atoms with Crippen molar-refractivity contribution in [1.29, 1.82) is 0 Å². The van der Waals surface area contributed by atoms with Crippen LogP contribution in [0.2, 0.25) is 0 Å². The molecule has 1 aromatic rings. The van der Waals surface area contributed by atoms with Gasteiger partial charge >= 0.3 is 5.97 Å². The van der Waals surface area contributed by atoms with Crippen LogP contribution in [-0.2, 0) is 0 Å². The molecular weight excluding hydrogens is 256 g/mol. The van der Waals surface area contributed by atoms with E-state index in [1.807, 2.05) is 14.1 Å². The van der Waals surface area contributed by atoms with Crippen LogP contribution in [-0.4, -0.2) is 49.8 Å². The number of nitrogens with one attached hydrogen (secondary N) is 1. The number of methoxy groups -OCH3 is 1. The van der Waals surface area contributed by atoms with Crippen molar-refractivity contribution in [2.75, 3.05) is 33.1 Å². The molecule has 0 spiro atoms. The minimum atomic E-state index is -0.942. The molecule has 5 heteroatoms. The summed E-state index contributed by atoms with van der Waals surface area (Å²) < 4.78 is 5.17. The molecule has 1 aromatic carbocycles. The first-order valence-electron chi connectivity index (χ1n) is 6.67. The number of carbonyl (C=O) groups is 1. The highest BCUT2D eigenvalue weighted by atomic mass is 16.5. The lowest BCUT2D eigenvalue weighted by Gasteiger charge is -2.27. The lowest BCUT2D eigenvalue weighted by atomic mass is 10.0. The predicted molar refractivity (Wildman–Crippen MR) is 80.8 cm³/mol. The summed E-state index contributed by atoms with van der Waals surface area (Å²) in [6.07, 6.45) is 0. The van der Waals surface area contributed by atoms with Crippen molar-refractivity contribution in [2.45, 2.75) is 19.9 Å². The van der Waals surface area contributed by atoms with Crippen molar-refractivity contribution in [2.24, 2.45) is 5.92 Å². The van der Waals surface area contributed by atoms with Crippen LogP contribution in [0.5, 0.6) is 5.75 Å². The summed E-state index contributed by atoms with van der Waals surface area (Å²) >= 11 is 0. The van der Waals surface area contributed by atoms with Gasteiger partial charge in [0.05, 0.1) is 18.4 Å². The van der Waals surface area contributed by atoms with Gasteiger partial charge < -0.3 is 20.1 Å². The number of ether oxygens (including phenoxy) is 1. The summed E-state index contributed by atoms with van der Waals surface area (Å²) in [6, 6.07) is 5.12. The quantitative estimate of drug-likeness (QED) is 0.803. The predicted octanol–water partition coefficient (Wildman–Crippen LogP) is 2.39. The number of likely N-dealkylation sites (N-methyl/N-ethyl adjacent to an activating group) is 1. The fourth-order valence-electron chi connectivity index (χ4n) is 1.97. The van der Waals surface area contributed by atoms with Crippen molar-refractivity contribution >= 4 is 11.7 Å². The Labute approximate surface area is 120 Å². The van der Waals surface area contributed by atoms with Crippen molar-refractivity contribution in [3.63, 3.8) is 0 Å². The fourth-order valence-corrected chi connectivity index (χ4v) is 1.97. The molecule has 0 aliphatic rings. The zero-order valence-corrected chi connectivity index (χ0v) is 12.8. The van der Waals surface area contributed by atoms with Gasteiger partial charge in [-0.2, -0.15) is 0 Å². The topological polar surface area (TPSA) is 61.8 Å². The van der Waals surface area contributed by atoms with E-state index in [1.165, 1.54) is 0 Å². The number of aromatic carboxylic acids is 1. The van der Waals surface area contributed by atoms with E-state index in [-0.39, 0.29) is 11.6 Å². The van der Waals surface area contributed by atoms with Crippen LogP contribution in [0.25, 0.3) is 0 Å². The third-order valence-electron chi connectivity index (χ3n) is 3.16. The van der Waals surface area contributed by atoms with Gasteiger partial charge in [-0.25, -0.2) is 4.79 Å². The Kier molecular flexibility index (Phi) is 5.82. The molecule has 1 unspecified atom stereocenters. The molecule has 0 fully saturated rings. The fraction of sp³-hybridized carbons (Fsp3) is 0.533. The van der Waals surface area contributed by atoms with E-state index >= 15 is 0 Å². The summed E-state index contributed by atoms with van der Waals surface area (Å²) in [5.74, 6) is 0.0811. The summed E-state index contributed by atoms with van der Waals surface area (Å²) in [4.78, 5) is 13.4. The largest absolute Gasteiger partial charge is 0.497 e. The van der Waals surface area contributed by atoms with Gasteiger partial charge in [-0.05, 0) is 32.1 Å². The summed E-state index contributed by atoms with van der Waals surface area (Å²) in [5.41, 5.74) is 0.854. The van der Waals surface area contributed by atoms with Crippen molar-refractivity contribution in [3.8, 4) is 5.75 Å². The summed E-state index contributed by atoms with van der Waals surface area (Å²) in [7, 11) is 5.57. The number of carboxylic acids is 1. The van der Waals surface area contributed by atoms with E-state index < -0.39 is 5.97 Å². The first-order chi connectivity index (χ1) is 9.35. The first-order valence-corrected chi connectivity index (χ1v) is 6.67. The van der Waals surface area contributed by atoms with E-state index in [0.29, 0.717) is 17.4 Å². The van der Waals surface area contributed by atoms with Crippen LogP contribution in [0.4, 0.5) is 5.69 Å². The van der Waals surface area contributed by atoms with Gasteiger partial charge in [-0.1, -0.05) is 13.8 Å². The van der Waals surface area contributed by atoms with Crippen LogP contribution >= 0.6 is 0 Å². The van der Waals surface area contributed by atoms with Gasteiger partial charge in [-0.3, -0.25) is 0 Å². The molecule has 0 saturated carbocycles. The molecule has 112 valence electrons. The average Bonchev–Trinajstić information content (AvgIpc) is 2.36. The Morgan fingerprint density at radius 3 is 2.50 bits per heavy atom. The molecule has 0 saturated heterocycles. The average molecular weight is 280 g/mol. The Morgan fingerprint density at radius 1 is 1.40 bits per heavy atom. The van der Waals surface area contributed by atoms with Gasteiger partial charge in [0.1, 0.15) is 5.75 Å².